The summed E-state index contributed by atoms with van der Waals surface area (Å²) in [6.45, 7) is 7.45. The fourth-order valence-electron chi connectivity index (χ4n) is 9.09. The van der Waals surface area contributed by atoms with Gasteiger partial charge in [-0.25, -0.2) is 9.97 Å². The van der Waals surface area contributed by atoms with Crippen LogP contribution in [-0.4, -0.2) is 52.3 Å². The van der Waals surface area contributed by atoms with Crippen molar-refractivity contribution in [3.05, 3.63) is 191 Å². The number of H-pyrrole nitrogens is 2. The SMILES string of the molecule is COC(=O)C(N)Cc1ccc(OCCCCOc2ccc(-c3c4nc(c(-c5ccc(C)cc5)c5ccc([nH]5)c(-c5ccc(C)cc5)c5nc(c(-c6ccc(C)cc6)c6ccc3[nH]6)C=C5)C=C4)cc2)cc1. The number of esters is 1. The number of hydrogen-bond acceptors (Lipinski definition) is 7. The molecule has 8 bridgehead atoms. The van der Waals surface area contributed by atoms with E-state index < -0.39 is 12.0 Å². The van der Waals surface area contributed by atoms with Gasteiger partial charge in [0.15, 0.2) is 0 Å². The van der Waals surface area contributed by atoms with E-state index in [0.717, 1.165) is 119 Å². The fraction of sp³-hybridized carbons (Fsp3) is 0.164. The number of rotatable bonds is 14. The van der Waals surface area contributed by atoms with Crippen molar-refractivity contribution in [3.8, 4) is 56.0 Å². The van der Waals surface area contributed by atoms with Crippen molar-refractivity contribution in [2.24, 2.45) is 5.73 Å². The molecule has 0 saturated heterocycles. The quantitative estimate of drug-likeness (QED) is 0.0732. The van der Waals surface area contributed by atoms with Crippen LogP contribution in [0.1, 0.15) is 57.9 Å². The second-order valence-electron chi connectivity index (χ2n) is 18.0. The molecule has 0 amide bonds. The molecular formula is C61H55N5O4. The molecule has 5 aromatic carbocycles. The number of nitrogens with zero attached hydrogens (tertiary/aromatic N) is 2. The first-order chi connectivity index (χ1) is 34.2. The summed E-state index contributed by atoms with van der Waals surface area (Å²) in [4.78, 5) is 30.3. The van der Waals surface area contributed by atoms with Crippen molar-refractivity contribution < 1.29 is 19.0 Å². The normalized spacial score (nSPS) is 12.2. The minimum absolute atomic E-state index is 0.407. The van der Waals surface area contributed by atoms with Crippen LogP contribution in [0.5, 0.6) is 11.5 Å². The molecule has 4 N–H and O–H groups in total. The van der Waals surface area contributed by atoms with Gasteiger partial charge in [0, 0.05) is 44.3 Å². The highest BCUT2D eigenvalue weighted by Gasteiger charge is 2.20. The van der Waals surface area contributed by atoms with Crippen molar-refractivity contribution in [2.75, 3.05) is 20.3 Å². The van der Waals surface area contributed by atoms with Crippen molar-refractivity contribution in [1.29, 1.82) is 0 Å². The van der Waals surface area contributed by atoms with E-state index in [4.69, 9.17) is 29.9 Å². The van der Waals surface area contributed by atoms with Crippen LogP contribution in [0, 0.1) is 20.8 Å². The van der Waals surface area contributed by atoms with Gasteiger partial charge in [-0.3, -0.25) is 4.79 Å². The van der Waals surface area contributed by atoms with E-state index in [1.54, 1.807) is 0 Å². The van der Waals surface area contributed by atoms with Crippen molar-refractivity contribution >= 4 is 52.3 Å². The predicted molar refractivity (Wildman–Crippen MR) is 285 cm³/mol. The molecule has 0 aliphatic carbocycles. The second kappa shape index (κ2) is 20.1. The maximum absolute atomic E-state index is 11.7. The highest BCUT2D eigenvalue weighted by Crippen LogP contribution is 2.39. The Morgan fingerprint density at radius 2 is 0.786 bits per heavy atom. The summed E-state index contributed by atoms with van der Waals surface area (Å²) in [6.07, 6.45) is 10.6. The molecular weight excluding hydrogens is 867 g/mol. The van der Waals surface area contributed by atoms with E-state index >= 15 is 0 Å². The van der Waals surface area contributed by atoms with Crippen molar-refractivity contribution in [2.45, 2.75) is 46.1 Å². The zero-order valence-corrected chi connectivity index (χ0v) is 39.9. The third-order valence-corrected chi connectivity index (χ3v) is 12.9. The Balaban J connectivity index is 1.02. The van der Waals surface area contributed by atoms with Crippen LogP contribution in [0.25, 0.3) is 90.9 Å². The molecule has 70 heavy (non-hydrogen) atoms. The van der Waals surface area contributed by atoms with Gasteiger partial charge in [-0.1, -0.05) is 114 Å². The van der Waals surface area contributed by atoms with Crippen LogP contribution in [0.15, 0.2) is 146 Å². The first kappa shape index (κ1) is 45.5. The zero-order valence-electron chi connectivity index (χ0n) is 39.9. The third kappa shape index (κ3) is 9.84. The molecule has 3 aromatic heterocycles. The Morgan fingerprint density at radius 3 is 1.11 bits per heavy atom. The number of hydrogen-bond donors (Lipinski definition) is 3. The lowest BCUT2D eigenvalue weighted by molar-refractivity contribution is -0.142. The summed E-state index contributed by atoms with van der Waals surface area (Å²) in [5.74, 6) is 1.13. The molecule has 0 radical (unpaired) electrons. The molecule has 9 heteroatoms. The van der Waals surface area contributed by atoms with Crippen molar-refractivity contribution in [1.82, 2.24) is 19.9 Å². The second-order valence-corrected chi connectivity index (χ2v) is 18.0. The molecule has 2 aliphatic heterocycles. The van der Waals surface area contributed by atoms with E-state index in [1.165, 1.54) is 23.8 Å². The summed E-state index contributed by atoms with van der Waals surface area (Å²) >= 11 is 0. The van der Waals surface area contributed by atoms with E-state index in [2.05, 4.69) is 164 Å². The van der Waals surface area contributed by atoms with Gasteiger partial charge in [0.05, 0.1) is 43.1 Å². The molecule has 0 saturated carbocycles. The number of aromatic amines is 2. The van der Waals surface area contributed by atoms with Gasteiger partial charge in [0.25, 0.3) is 0 Å². The lowest BCUT2D eigenvalue weighted by Gasteiger charge is -2.11. The largest absolute Gasteiger partial charge is 0.494 e. The van der Waals surface area contributed by atoms with E-state index in [-0.39, 0.29) is 0 Å². The molecule has 5 heterocycles. The molecule has 2 aliphatic rings. The maximum Gasteiger partial charge on any atom is 0.322 e. The Labute approximate surface area is 408 Å². The molecule has 9 nitrogen and oxygen atoms in total. The van der Waals surface area contributed by atoms with E-state index in [9.17, 15) is 4.79 Å². The van der Waals surface area contributed by atoms with Gasteiger partial charge in [0.1, 0.15) is 17.5 Å². The number of nitrogens with one attached hydrogen (secondary N) is 2. The summed E-state index contributed by atoms with van der Waals surface area (Å²) in [7, 11) is 1.34. The lowest BCUT2D eigenvalue weighted by Crippen LogP contribution is -2.33. The number of carbonyl (C=O) groups excluding carboxylic acids is 1. The maximum atomic E-state index is 11.7. The number of nitrogens with two attached hydrogens (primary N) is 1. The highest BCUT2D eigenvalue weighted by atomic mass is 16.5. The third-order valence-electron chi connectivity index (χ3n) is 12.9. The van der Waals surface area contributed by atoms with Gasteiger partial charge in [-0.05, 0) is 141 Å². The number of ether oxygens (including phenoxy) is 3. The van der Waals surface area contributed by atoms with Gasteiger partial charge in [-0.15, -0.1) is 0 Å². The van der Waals surface area contributed by atoms with Crippen LogP contribution < -0.4 is 15.2 Å². The number of unbranched alkanes of at least 4 members (excludes halogenated alkanes) is 1. The van der Waals surface area contributed by atoms with Crippen LogP contribution in [-0.2, 0) is 16.0 Å². The average molecular weight is 922 g/mol. The number of aryl methyl sites for hydroxylation is 3. The number of benzene rings is 5. The van der Waals surface area contributed by atoms with E-state index in [0.29, 0.717) is 19.6 Å². The minimum atomic E-state index is -0.690. The molecule has 0 fully saturated rings. The van der Waals surface area contributed by atoms with Gasteiger partial charge in [0.2, 0.25) is 0 Å². The van der Waals surface area contributed by atoms with Crippen LogP contribution in [0.2, 0.25) is 0 Å². The molecule has 10 rings (SSSR count). The van der Waals surface area contributed by atoms with Gasteiger partial charge < -0.3 is 29.9 Å². The molecule has 348 valence electrons. The molecule has 0 spiro atoms. The van der Waals surface area contributed by atoms with Crippen LogP contribution >= 0.6 is 0 Å². The summed E-state index contributed by atoms with van der Waals surface area (Å²) < 4.78 is 17.0. The molecule has 1 atom stereocenters. The lowest BCUT2D eigenvalue weighted by atomic mass is 10.0. The molecule has 8 aromatic rings. The number of carbonyl (C=O) groups is 1. The highest BCUT2D eigenvalue weighted by molar-refractivity contribution is 6.00. The van der Waals surface area contributed by atoms with E-state index in [1.807, 2.05) is 36.4 Å². The number of methoxy groups -OCH3 is 1. The summed E-state index contributed by atoms with van der Waals surface area (Å²) in [5, 5.41) is 0. The van der Waals surface area contributed by atoms with Gasteiger partial charge >= 0.3 is 5.97 Å². The zero-order chi connectivity index (χ0) is 48.1. The van der Waals surface area contributed by atoms with Crippen LogP contribution in [0.3, 0.4) is 0 Å². The number of fused-ring (bicyclic) bond motifs is 8. The Kier molecular flexibility index (Phi) is 13.1. The molecule has 1 unspecified atom stereocenters. The number of aromatic nitrogens is 4. The van der Waals surface area contributed by atoms with Crippen LogP contribution in [0.4, 0.5) is 0 Å². The average Bonchev–Trinajstić information content (AvgIpc) is 4.24. The Bertz CT molecular complexity index is 3380. The topological polar surface area (TPSA) is 128 Å². The Morgan fingerprint density at radius 1 is 0.471 bits per heavy atom. The monoisotopic (exact) mass is 921 g/mol. The summed E-state index contributed by atoms with van der Waals surface area (Å²) in [5.41, 5.74) is 26.0. The summed E-state index contributed by atoms with van der Waals surface area (Å²) in [6, 6.07) is 49.9. The van der Waals surface area contributed by atoms with Gasteiger partial charge in [-0.2, -0.15) is 0 Å². The first-order valence-corrected chi connectivity index (χ1v) is 23.8. The smallest absolute Gasteiger partial charge is 0.322 e. The Hall–Kier alpha value is -8.27. The minimum Gasteiger partial charge on any atom is -0.494 e. The fourth-order valence-corrected chi connectivity index (χ4v) is 9.09. The first-order valence-electron chi connectivity index (χ1n) is 23.8. The predicted octanol–water partition coefficient (Wildman–Crippen LogP) is 13.5. The van der Waals surface area contributed by atoms with Crippen molar-refractivity contribution in [3.63, 3.8) is 0 Å². The standard InChI is InChI=1S/C61H55N5O4/c1-38-7-15-42(16-8-38)57-49-27-29-51(63-49)58(43-17-9-39(2)10-18-43)53-31-33-55(65-53)60(56-34-32-54(66-56)59(52-30-28-50(57)64-52)44-19-11-40(3)12-20-44)45-21-25-47(26-22-45)70-36-6-5-35-69-46-23-13-41(14-24-46)37-48(62)61(67)68-4/h7-34,48,63,66H,5-6,35-37,62H2,1-4H3.